The van der Waals surface area contributed by atoms with Crippen LogP contribution in [0.5, 0.6) is 0 Å². The Bertz CT molecular complexity index is 408. The van der Waals surface area contributed by atoms with E-state index in [4.69, 9.17) is 17.3 Å². The van der Waals surface area contributed by atoms with E-state index in [1.807, 2.05) is 18.2 Å². The highest BCUT2D eigenvalue weighted by Gasteiger charge is 2.03. The number of nitrogens with zero attached hydrogens (tertiary/aromatic N) is 1. The van der Waals surface area contributed by atoms with Gasteiger partial charge in [0.15, 0.2) is 5.95 Å². The van der Waals surface area contributed by atoms with Gasteiger partial charge >= 0.3 is 0 Å². The number of aromatic nitrogens is 2. The van der Waals surface area contributed by atoms with Gasteiger partial charge < -0.3 is 10.7 Å². The minimum absolute atomic E-state index is 0.433. The molecular formula is C8H8ClN3. The molecule has 0 amide bonds. The van der Waals surface area contributed by atoms with Gasteiger partial charge in [-0.05, 0) is 11.6 Å². The van der Waals surface area contributed by atoms with Crippen LogP contribution in [0.2, 0.25) is 0 Å². The Morgan fingerprint density at radius 3 is 3.08 bits per heavy atom. The van der Waals surface area contributed by atoms with E-state index >= 15 is 0 Å². The van der Waals surface area contributed by atoms with Crippen molar-refractivity contribution in [2.45, 2.75) is 5.88 Å². The van der Waals surface area contributed by atoms with Crippen LogP contribution in [0.25, 0.3) is 11.0 Å². The highest BCUT2D eigenvalue weighted by Crippen LogP contribution is 2.18. The fraction of sp³-hybridized carbons (Fsp3) is 0.125. The number of benzene rings is 1. The molecule has 0 bridgehead atoms. The van der Waals surface area contributed by atoms with Crippen molar-refractivity contribution in [1.29, 1.82) is 0 Å². The standard InChI is InChI=1S/C8H8ClN3/c9-4-5-2-1-3-6-7(5)12-8(10)11-6/h1-3H,4H2,(H3,10,11,12). The Morgan fingerprint density at radius 1 is 1.50 bits per heavy atom. The van der Waals surface area contributed by atoms with Crippen LogP contribution in [0.4, 0.5) is 5.95 Å². The lowest BCUT2D eigenvalue weighted by Gasteiger charge is -1.93. The number of halogens is 1. The smallest absolute Gasteiger partial charge is 0.198 e. The van der Waals surface area contributed by atoms with Crippen LogP contribution in [-0.4, -0.2) is 9.97 Å². The molecule has 0 unspecified atom stereocenters. The summed E-state index contributed by atoms with van der Waals surface area (Å²) >= 11 is 5.72. The molecule has 0 saturated heterocycles. The molecule has 0 radical (unpaired) electrons. The van der Waals surface area contributed by atoms with E-state index in [-0.39, 0.29) is 0 Å². The summed E-state index contributed by atoms with van der Waals surface area (Å²) in [5.41, 5.74) is 8.31. The SMILES string of the molecule is Nc1nc2c(CCl)cccc2[nH]1. The van der Waals surface area contributed by atoms with Crippen LogP contribution < -0.4 is 5.73 Å². The Labute approximate surface area is 74.5 Å². The summed E-state index contributed by atoms with van der Waals surface area (Å²) in [6.45, 7) is 0. The van der Waals surface area contributed by atoms with Crippen LogP contribution in [0.3, 0.4) is 0 Å². The molecule has 0 fully saturated rings. The third-order valence-corrected chi connectivity index (χ3v) is 2.05. The number of imidazole rings is 1. The number of H-pyrrole nitrogens is 1. The molecule has 2 aromatic rings. The third-order valence-electron chi connectivity index (χ3n) is 1.76. The first-order valence-corrected chi connectivity index (χ1v) is 4.14. The van der Waals surface area contributed by atoms with Crippen LogP contribution in [0.15, 0.2) is 18.2 Å². The van der Waals surface area contributed by atoms with Crippen molar-refractivity contribution in [3.8, 4) is 0 Å². The first-order valence-electron chi connectivity index (χ1n) is 3.60. The molecule has 3 N–H and O–H groups in total. The molecule has 0 aliphatic heterocycles. The van der Waals surface area contributed by atoms with Gasteiger partial charge in [0.2, 0.25) is 0 Å². The number of fused-ring (bicyclic) bond motifs is 1. The maximum Gasteiger partial charge on any atom is 0.198 e. The number of anilines is 1. The average Bonchev–Trinajstić information content (AvgIpc) is 2.44. The van der Waals surface area contributed by atoms with Gasteiger partial charge in [0.25, 0.3) is 0 Å². The largest absolute Gasteiger partial charge is 0.369 e. The van der Waals surface area contributed by atoms with Crippen molar-refractivity contribution in [2.24, 2.45) is 0 Å². The summed E-state index contributed by atoms with van der Waals surface area (Å²) in [4.78, 5) is 7.06. The molecule has 12 heavy (non-hydrogen) atoms. The normalized spacial score (nSPS) is 10.8. The molecule has 1 heterocycles. The molecule has 4 heteroatoms. The van der Waals surface area contributed by atoms with Crippen molar-refractivity contribution in [2.75, 3.05) is 5.73 Å². The summed E-state index contributed by atoms with van der Waals surface area (Å²) in [6, 6.07) is 5.79. The van der Waals surface area contributed by atoms with Gasteiger partial charge in [-0.1, -0.05) is 12.1 Å². The van der Waals surface area contributed by atoms with Crippen molar-refractivity contribution < 1.29 is 0 Å². The molecule has 1 aromatic heterocycles. The van der Waals surface area contributed by atoms with E-state index in [0.29, 0.717) is 11.8 Å². The lowest BCUT2D eigenvalue weighted by atomic mass is 10.2. The number of nitrogens with two attached hydrogens (primary N) is 1. The first-order chi connectivity index (χ1) is 5.81. The number of nitrogen functional groups attached to an aromatic ring is 1. The number of alkyl halides is 1. The van der Waals surface area contributed by atoms with Crippen LogP contribution >= 0.6 is 11.6 Å². The van der Waals surface area contributed by atoms with Crippen LogP contribution in [-0.2, 0) is 5.88 Å². The zero-order valence-electron chi connectivity index (χ0n) is 6.34. The summed E-state index contributed by atoms with van der Waals surface area (Å²) in [5.74, 6) is 0.893. The van der Waals surface area contributed by atoms with Crippen molar-refractivity contribution >= 4 is 28.6 Å². The first kappa shape index (κ1) is 7.43. The van der Waals surface area contributed by atoms with Gasteiger partial charge in [0.05, 0.1) is 11.0 Å². The van der Waals surface area contributed by atoms with Gasteiger partial charge in [-0.3, -0.25) is 0 Å². The predicted octanol–water partition coefficient (Wildman–Crippen LogP) is 1.88. The van der Waals surface area contributed by atoms with Crippen molar-refractivity contribution in [3.05, 3.63) is 23.8 Å². The molecule has 0 aliphatic carbocycles. The Kier molecular flexibility index (Phi) is 1.66. The highest BCUT2D eigenvalue weighted by atomic mass is 35.5. The second-order valence-electron chi connectivity index (χ2n) is 2.57. The van der Waals surface area contributed by atoms with E-state index in [1.54, 1.807) is 0 Å². The summed E-state index contributed by atoms with van der Waals surface area (Å²) in [5, 5.41) is 0. The average molecular weight is 182 g/mol. The Balaban J connectivity index is 2.78. The molecule has 1 aromatic carbocycles. The van der Waals surface area contributed by atoms with E-state index in [2.05, 4.69) is 9.97 Å². The maximum absolute atomic E-state index is 5.72. The summed E-state index contributed by atoms with van der Waals surface area (Å²) in [6.07, 6.45) is 0. The number of para-hydroxylation sites is 1. The lowest BCUT2D eigenvalue weighted by molar-refractivity contribution is 1.34. The minimum Gasteiger partial charge on any atom is -0.369 e. The number of hydrogen-bond donors (Lipinski definition) is 2. The topological polar surface area (TPSA) is 54.7 Å². The van der Waals surface area contributed by atoms with Crippen molar-refractivity contribution in [1.82, 2.24) is 9.97 Å². The monoisotopic (exact) mass is 181 g/mol. The zero-order chi connectivity index (χ0) is 8.55. The van der Waals surface area contributed by atoms with Gasteiger partial charge in [0, 0.05) is 5.88 Å². The molecule has 0 saturated carbocycles. The number of rotatable bonds is 1. The van der Waals surface area contributed by atoms with Crippen LogP contribution in [0, 0.1) is 0 Å². The fourth-order valence-corrected chi connectivity index (χ4v) is 1.43. The molecule has 3 nitrogen and oxygen atoms in total. The van der Waals surface area contributed by atoms with Gasteiger partial charge in [-0.25, -0.2) is 4.98 Å². The summed E-state index contributed by atoms with van der Waals surface area (Å²) in [7, 11) is 0. The molecular weight excluding hydrogens is 174 g/mol. The second-order valence-corrected chi connectivity index (χ2v) is 2.84. The highest BCUT2D eigenvalue weighted by molar-refractivity contribution is 6.17. The lowest BCUT2D eigenvalue weighted by Crippen LogP contribution is -1.84. The second kappa shape index (κ2) is 2.68. The third kappa shape index (κ3) is 1.02. The molecule has 2 rings (SSSR count). The van der Waals surface area contributed by atoms with Crippen molar-refractivity contribution in [3.63, 3.8) is 0 Å². The minimum atomic E-state index is 0.433. The van der Waals surface area contributed by atoms with Gasteiger partial charge in [-0.2, -0.15) is 0 Å². The van der Waals surface area contributed by atoms with Gasteiger partial charge in [0.1, 0.15) is 0 Å². The van der Waals surface area contributed by atoms with Crippen LogP contribution in [0.1, 0.15) is 5.56 Å². The summed E-state index contributed by atoms with van der Waals surface area (Å²) < 4.78 is 0. The molecule has 62 valence electrons. The van der Waals surface area contributed by atoms with E-state index < -0.39 is 0 Å². The molecule has 0 aliphatic rings. The van der Waals surface area contributed by atoms with E-state index in [1.165, 1.54) is 0 Å². The van der Waals surface area contributed by atoms with E-state index in [9.17, 15) is 0 Å². The fourth-order valence-electron chi connectivity index (χ4n) is 1.22. The predicted molar refractivity (Wildman–Crippen MR) is 50.1 cm³/mol. The van der Waals surface area contributed by atoms with Gasteiger partial charge in [-0.15, -0.1) is 11.6 Å². The molecule has 0 atom stereocenters. The number of hydrogen-bond acceptors (Lipinski definition) is 2. The Morgan fingerprint density at radius 2 is 2.33 bits per heavy atom. The Hall–Kier alpha value is -1.22. The quantitative estimate of drug-likeness (QED) is 0.660. The number of aromatic amines is 1. The number of nitrogens with one attached hydrogen (secondary N) is 1. The zero-order valence-corrected chi connectivity index (χ0v) is 7.10. The molecule has 0 spiro atoms. The maximum atomic E-state index is 5.72. The van der Waals surface area contributed by atoms with E-state index in [0.717, 1.165) is 16.6 Å².